The molecule has 0 radical (unpaired) electrons. The first-order chi connectivity index (χ1) is 13.4. The lowest BCUT2D eigenvalue weighted by Gasteiger charge is -2.37. The number of nitrogens with one attached hydrogen (secondary N) is 1. The van der Waals surface area contributed by atoms with E-state index in [0.29, 0.717) is 17.3 Å². The zero-order valence-corrected chi connectivity index (χ0v) is 16.5. The molecule has 4 rings (SSSR count). The Morgan fingerprint density at radius 3 is 2.64 bits per heavy atom. The Balaban J connectivity index is 1.57. The third-order valence-electron chi connectivity index (χ3n) is 5.87. The molecule has 1 saturated heterocycles. The van der Waals surface area contributed by atoms with E-state index in [4.69, 9.17) is 16.9 Å². The Kier molecular flexibility index (Phi) is 4.93. The minimum absolute atomic E-state index is 0.113. The van der Waals surface area contributed by atoms with Crippen LogP contribution in [0.1, 0.15) is 43.9 Å². The number of amidine groups is 1. The number of nitrogens with two attached hydrogens (primary N) is 2. The summed E-state index contributed by atoms with van der Waals surface area (Å²) < 4.78 is 0. The average molecular weight is 380 g/mol. The van der Waals surface area contributed by atoms with Crippen LogP contribution in [0.25, 0.3) is 0 Å². The maximum absolute atomic E-state index is 8.77. The summed E-state index contributed by atoms with van der Waals surface area (Å²) in [6.07, 6.45) is 6.76. The van der Waals surface area contributed by atoms with E-state index in [2.05, 4.69) is 40.0 Å². The molecule has 2 aromatic rings. The van der Waals surface area contributed by atoms with Crippen LogP contribution in [0.3, 0.4) is 0 Å². The zero-order valence-electron chi connectivity index (χ0n) is 16.5. The number of aromatic nitrogens is 2. The smallest absolute Gasteiger partial charge is 0.155 e. The van der Waals surface area contributed by atoms with Crippen LogP contribution in [0.5, 0.6) is 0 Å². The molecule has 0 bridgehead atoms. The van der Waals surface area contributed by atoms with Gasteiger partial charge in [-0.3, -0.25) is 5.41 Å². The molecule has 3 heterocycles. The second-order valence-corrected chi connectivity index (χ2v) is 8.19. The molecule has 0 atom stereocenters. The Bertz CT molecular complexity index is 867. The summed E-state index contributed by atoms with van der Waals surface area (Å²) in [6.45, 7) is 4.57. The van der Waals surface area contributed by atoms with Gasteiger partial charge in [-0.1, -0.05) is 18.2 Å². The van der Waals surface area contributed by atoms with Crippen LogP contribution in [-0.2, 0) is 6.42 Å². The van der Waals surface area contributed by atoms with Crippen LogP contribution in [0.2, 0.25) is 0 Å². The maximum Gasteiger partial charge on any atom is 0.155 e. The third-order valence-corrected chi connectivity index (χ3v) is 5.87. The summed E-state index contributed by atoms with van der Waals surface area (Å²) in [4.78, 5) is 13.3. The van der Waals surface area contributed by atoms with Gasteiger partial charge < -0.3 is 21.3 Å². The molecule has 1 aromatic carbocycles. The van der Waals surface area contributed by atoms with Crippen molar-refractivity contribution in [1.82, 2.24) is 9.97 Å². The summed E-state index contributed by atoms with van der Waals surface area (Å²) in [6, 6.07) is 8.29. The van der Waals surface area contributed by atoms with Crippen molar-refractivity contribution in [2.75, 3.05) is 35.2 Å². The Morgan fingerprint density at radius 2 is 1.89 bits per heavy atom. The van der Waals surface area contributed by atoms with Gasteiger partial charge in [0.05, 0.1) is 6.20 Å². The molecule has 0 aliphatic carbocycles. The van der Waals surface area contributed by atoms with Crippen molar-refractivity contribution in [1.29, 1.82) is 5.41 Å². The molecule has 1 aromatic heterocycles. The van der Waals surface area contributed by atoms with Crippen LogP contribution in [0.15, 0.2) is 30.5 Å². The van der Waals surface area contributed by atoms with Gasteiger partial charge >= 0.3 is 0 Å². The Hall–Kier alpha value is -2.67. The van der Waals surface area contributed by atoms with Gasteiger partial charge in [-0.15, -0.1) is 0 Å². The standard InChI is InChI=1S/C21H29N7/c1-21(24)9-12-27(13-10-21)17-14-25-18(19(22)26-17)20(23)28-11-5-4-7-15-6-2-3-8-16(15)28/h2-3,6,8,14,23H,4-5,7,9-13,24H2,1H3,(H2,22,26). The fourth-order valence-corrected chi connectivity index (χ4v) is 4.03. The number of piperidine rings is 1. The predicted molar refractivity (Wildman–Crippen MR) is 114 cm³/mol. The van der Waals surface area contributed by atoms with Crippen LogP contribution in [0, 0.1) is 5.41 Å². The molecular formula is C21H29N7. The van der Waals surface area contributed by atoms with Crippen molar-refractivity contribution in [2.24, 2.45) is 5.73 Å². The van der Waals surface area contributed by atoms with E-state index >= 15 is 0 Å². The minimum atomic E-state index is -0.113. The number of para-hydroxylation sites is 1. The number of nitrogens with zero attached hydrogens (tertiary/aromatic N) is 4. The number of anilines is 3. The van der Waals surface area contributed by atoms with Crippen molar-refractivity contribution in [2.45, 2.75) is 44.6 Å². The first kappa shape index (κ1) is 18.7. The average Bonchev–Trinajstić information content (AvgIpc) is 2.90. The highest BCUT2D eigenvalue weighted by Gasteiger charge is 2.28. The van der Waals surface area contributed by atoms with E-state index in [1.165, 1.54) is 5.56 Å². The number of hydrogen-bond donors (Lipinski definition) is 3. The fraction of sp³-hybridized carbons (Fsp3) is 0.476. The second kappa shape index (κ2) is 7.39. The Morgan fingerprint density at radius 1 is 1.14 bits per heavy atom. The van der Waals surface area contributed by atoms with Gasteiger partial charge in [0.25, 0.3) is 0 Å². The highest BCUT2D eigenvalue weighted by atomic mass is 15.2. The topological polar surface area (TPSA) is 108 Å². The monoisotopic (exact) mass is 379 g/mol. The van der Waals surface area contributed by atoms with E-state index in [1.54, 1.807) is 6.20 Å². The number of nitrogen functional groups attached to an aromatic ring is 1. The van der Waals surface area contributed by atoms with Crippen molar-refractivity contribution >= 4 is 23.2 Å². The van der Waals surface area contributed by atoms with E-state index in [9.17, 15) is 0 Å². The van der Waals surface area contributed by atoms with Crippen LogP contribution in [-0.4, -0.2) is 41.0 Å². The second-order valence-electron chi connectivity index (χ2n) is 8.19. The van der Waals surface area contributed by atoms with Gasteiger partial charge in [-0.05, 0) is 50.7 Å². The molecule has 7 heteroatoms. The number of aryl methyl sites for hydroxylation is 1. The largest absolute Gasteiger partial charge is 0.382 e. The van der Waals surface area contributed by atoms with Crippen molar-refractivity contribution in [3.05, 3.63) is 41.7 Å². The molecule has 0 spiro atoms. The molecule has 0 amide bonds. The molecule has 5 N–H and O–H groups in total. The van der Waals surface area contributed by atoms with E-state index in [-0.39, 0.29) is 5.54 Å². The van der Waals surface area contributed by atoms with Crippen LogP contribution >= 0.6 is 0 Å². The SMILES string of the molecule is CC1(N)CCN(c2cnc(C(=N)N3CCCCc4ccccc43)c(N)n2)CC1. The molecule has 0 saturated carbocycles. The molecule has 7 nitrogen and oxygen atoms in total. The molecule has 2 aliphatic rings. The molecule has 28 heavy (non-hydrogen) atoms. The molecular weight excluding hydrogens is 350 g/mol. The zero-order chi connectivity index (χ0) is 19.7. The van der Waals surface area contributed by atoms with E-state index in [1.807, 2.05) is 11.0 Å². The lowest BCUT2D eigenvalue weighted by Crippen LogP contribution is -2.48. The summed E-state index contributed by atoms with van der Waals surface area (Å²) in [5.41, 5.74) is 15.2. The summed E-state index contributed by atoms with van der Waals surface area (Å²) in [5.74, 6) is 1.39. The maximum atomic E-state index is 8.77. The predicted octanol–water partition coefficient (Wildman–Crippen LogP) is 2.54. The number of hydrogen-bond acceptors (Lipinski definition) is 6. The van der Waals surface area contributed by atoms with Crippen molar-refractivity contribution in [3.63, 3.8) is 0 Å². The summed E-state index contributed by atoms with van der Waals surface area (Å²) in [5, 5.41) is 8.77. The van der Waals surface area contributed by atoms with Gasteiger partial charge in [-0.2, -0.15) is 0 Å². The normalized spacial score (nSPS) is 19.1. The van der Waals surface area contributed by atoms with Crippen LogP contribution < -0.4 is 21.3 Å². The Labute approximate surface area is 166 Å². The third kappa shape index (κ3) is 3.67. The molecule has 2 aliphatic heterocycles. The van der Waals surface area contributed by atoms with Crippen molar-refractivity contribution < 1.29 is 0 Å². The fourth-order valence-electron chi connectivity index (χ4n) is 4.03. The highest BCUT2D eigenvalue weighted by Crippen LogP contribution is 2.29. The van der Waals surface area contributed by atoms with E-state index < -0.39 is 0 Å². The quantitative estimate of drug-likeness (QED) is 0.547. The highest BCUT2D eigenvalue weighted by molar-refractivity contribution is 6.09. The minimum Gasteiger partial charge on any atom is -0.382 e. The molecule has 148 valence electrons. The lowest BCUT2D eigenvalue weighted by atomic mass is 9.91. The van der Waals surface area contributed by atoms with Gasteiger partial charge in [0.1, 0.15) is 11.5 Å². The molecule has 1 fully saturated rings. The van der Waals surface area contributed by atoms with Gasteiger partial charge in [0, 0.05) is 30.9 Å². The van der Waals surface area contributed by atoms with Gasteiger partial charge in [0.15, 0.2) is 11.7 Å². The van der Waals surface area contributed by atoms with Gasteiger partial charge in [0.2, 0.25) is 0 Å². The van der Waals surface area contributed by atoms with Crippen molar-refractivity contribution in [3.8, 4) is 0 Å². The van der Waals surface area contributed by atoms with E-state index in [0.717, 1.165) is 63.2 Å². The first-order valence-corrected chi connectivity index (χ1v) is 10.1. The van der Waals surface area contributed by atoms with Gasteiger partial charge in [-0.25, -0.2) is 9.97 Å². The number of benzene rings is 1. The number of rotatable bonds is 2. The molecule has 0 unspecified atom stereocenters. The van der Waals surface area contributed by atoms with Crippen LogP contribution in [0.4, 0.5) is 17.3 Å². The summed E-state index contributed by atoms with van der Waals surface area (Å²) in [7, 11) is 0. The number of fused-ring (bicyclic) bond motifs is 1. The summed E-state index contributed by atoms with van der Waals surface area (Å²) >= 11 is 0. The lowest BCUT2D eigenvalue weighted by molar-refractivity contribution is 0.363. The first-order valence-electron chi connectivity index (χ1n) is 10.1.